The molecule has 1 amide bonds. The van der Waals surface area contributed by atoms with Gasteiger partial charge in [-0.3, -0.25) is 10.1 Å². The van der Waals surface area contributed by atoms with Crippen LogP contribution < -0.4 is 5.32 Å². The zero-order valence-corrected chi connectivity index (χ0v) is 15.3. The van der Waals surface area contributed by atoms with Gasteiger partial charge in [0.25, 0.3) is 5.91 Å². The molecule has 0 bridgehead atoms. The second kappa shape index (κ2) is 6.75. The van der Waals surface area contributed by atoms with Crippen LogP contribution in [0.3, 0.4) is 0 Å². The molecule has 2 aromatic carbocycles. The highest BCUT2D eigenvalue weighted by atomic mass is 35.5. The highest BCUT2D eigenvalue weighted by Crippen LogP contribution is 2.31. The number of benzene rings is 2. The normalized spacial score (nSPS) is 10.7. The van der Waals surface area contributed by atoms with E-state index >= 15 is 0 Å². The lowest BCUT2D eigenvalue weighted by atomic mass is 10.0. The van der Waals surface area contributed by atoms with E-state index in [1.165, 1.54) is 22.5 Å². The number of thiazole rings is 1. The molecule has 0 fully saturated rings. The molecule has 0 aliphatic rings. The Morgan fingerprint density at radius 1 is 1.04 bits per heavy atom. The summed E-state index contributed by atoms with van der Waals surface area (Å²) in [5.41, 5.74) is 5.02. The van der Waals surface area contributed by atoms with Crippen molar-refractivity contribution in [2.24, 2.45) is 0 Å². The van der Waals surface area contributed by atoms with Crippen LogP contribution in [-0.2, 0) is 0 Å². The summed E-state index contributed by atoms with van der Waals surface area (Å²) in [5, 5.41) is 4.06. The molecular formula is C19H17ClN2OS. The molecule has 3 rings (SSSR count). The minimum atomic E-state index is -0.188. The predicted molar refractivity (Wildman–Crippen MR) is 101 cm³/mol. The minimum absolute atomic E-state index is 0.188. The van der Waals surface area contributed by atoms with Crippen LogP contribution in [0.15, 0.2) is 42.5 Å². The van der Waals surface area contributed by atoms with Crippen molar-refractivity contribution >= 4 is 34.0 Å². The summed E-state index contributed by atoms with van der Waals surface area (Å²) < 4.78 is 0. The lowest BCUT2D eigenvalue weighted by molar-refractivity contribution is 0.102. The van der Waals surface area contributed by atoms with Gasteiger partial charge in [0.2, 0.25) is 0 Å². The predicted octanol–water partition coefficient (Wildman–Crippen LogP) is 5.64. The maximum Gasteiger partial charge on any atom is 0.257 e. The molecule has 5 heteroatoms. The van der Waals surface area contributed by atoms with Crippen molar-refractivity contribution in [2.75, 3.05) is 5.32 Å². The topological polar surface area (TPSA) is 42.0 Å². The summed E-state index contributed by atoms with van der Waals surface area (Å²) in [4.78, 5) is 18.0. The van der Waals surface area contributed by atoms with Gasteiger partial charge in [0.05, 0.1) is 5.69 Å². The zero-order chi connectivity index (χ0) is 17.3. The molecule has 1 heterocycles. The number of aromatic nitrogens is 1. The highest BCUT2D eigenvalue weighted by molar-refractivity contribution is 7.16. The smallest absolute Gasteiger partial charge is 0.257 e. The van der Waals surface area contributed by atoms with E-state index in [-0.39, 0.29) is 5.91 Å². The van der Waals surface area contributed by atoms with Gasteiger partial charge in [-0.05, 0) is 62.2 Å². The second-order valence-corrected chi connectivity index (χ2v) is 7.32. The van der Waals surface area contributed by atoms with Crippen LogP contribution in [0.2, 0.25) is 5.02 Å². The summed E-state index contributed by atoms with van der Waals surface area (Å²) in [6, 6.07) is 13.1. The average molecular weight is 357 g/mol. The van der Waals surface area contributed by atoms with E-state index in [4.69, 9.17) is 11.6 Å². The Kier molecular flexibility index (Phi) is 4.69. The largest absolute Gasteiger partial charge is 0.298 e. The fraction of sp³-hybridized carbons (Fsp3) is 0.158. The molecule has 24 heavy (non-hydrogen) atoms. The molecule has 0 atom stereocenters. The molecule has 3 nitrogen and oxygen atoms in total. The van der Waals surface area contributed by atoms with Crippen LogP contribution in [0.25, 0.3) is 11.3 Å². The van der Waals surface area contributed by atoms with Gasteiger partial charge in [-0.25, -0.2) is 4.98 Å². The molecule has 3 aromatic rings. The second-order valence-electron chi connectivity index (χ2n) is 5.68. The lowest BCUT2D eigenvalue weighted by Gasteiger charge is -2.04. The van der Waals surface area contributed by atoms with E-state index < -0.39 is 0 Å². The Labute approximate surface area is 150 Å². The Balaban J connectivity index is 1.84. The van der Waals surface area contributed by atoms with Crippen molar-refractivity contribution in [3.05, 3.63) is 69.1 Å². The molecule has 0 spiro atoms. The van der Waals surface area contributed by atoms with Gasteiger partial charge in [-0.15, -0.1) is 11.3 Å². The number of carbonyl (C=O) groups excluding carboxylic acids is 1. The maximum absolute atomic E-state index is 12.3. The van der Waals surface area contributed by atoms with E-state index in [0.29, 0.717) is 15.7 Å². The van der Waals surface area contributed by atoms with Crippen molar-refractivity contribution in [2.45, 2.75) is 20.8 Å². The van der Waals surface area contributed by atoms with E-state index in [1.807, 2.05) is 6.92 Å². The highest BCUT2D eigenvalue weighted by Gasteiger charge is 2.13. The van der Waals surface area contributed by atoms with E-state index in [2.05, 4.69) is 42.3 Å². The Bertz CT molecular complexity index is 900. The van der Waals surface area contributed by atoms with Crippen LogP contribution in [0, 0.1) is 20.8 Å². The van der Waals surface area contributed by atoms with Crippen LogP contribution in [0.5, 0.6) is 0 Å². The molecule has 0 saturated heterocycles. The van der Waals surface area contributed by atoms with Gasteiger partial charge in [-0.1, -0.05) is 23.7 Å². The molecule has 0 radical (unpaired) electrons. The van der Waals surface area contributed by atoms with Gasteiger partial charge in [0.15, 0.2) is 5.13 Å². The maximum atomic E-state index is 12.3. The third-order valence-electron chi connectivity index (χ3n) is 3.90. The number of hydrogen-bond acceptors (Lipinski definition) is 3. The third kappa shape index (κ3) is 3.50. The Morgan fingerprint density at radius 2 is 1.75 bits per heavy atom. The Hall–Kier alpha value is -2.17. The first-order chi connectivity index (χ1) is 11.4. The van der Waals surface area contributed by atoms with Crippen molar-refractivity contribution in [3.63, 3.8) is 0 Å². The zero-order valence-electron chi connectivity index (χ0n) is 13.7. The van der Waals surface area contributed by atoms with Crippen LogP contribution in [0.1, 0.15) is 26.4 Å². The molecule has 0 aliphatic carbocycles. The number of nitrogens with zero attached hydrogens (tertiary/aromatic N) is 1. The van der Waals surface area contributed by atoms with Crippen molar-refractivity contribution in [1.29, 1.82) is 0 Å². The summed E-state index contributed by atoms with van der Waals surface area (Å²) in [6.07, 6.45) is 0. The SMILES string of the molecule is Cc1ccc(-c2nc(NC(=O)c3ccc(Cl)cc3)sc2C)cc1C. The first kappa shape index (κ1) is 16.7. The summed E-state index contributed by atoms with van der Waals surface area (Å²) in [7, 11) is 0. The fourth-order valence-electron chi connectivity index (χ4n) is 2.38. The summed E-state index contributed by atoms with van der Waals surface area (Å²) in [6.45, 7) is 6.19. The third-order valence-corrected chi connectivity index (χ3v) is 5.04. The minimum Gasteiger partial charge on any atom is -0.298 e. The number of amides is 1. The van der Waals surface area contributed by atoms with Gasteiger partial charge in [-0.2, -0.15) is 0 Å². The molecular weight excluding hydrogens is 340 g/mol. The van der Waals surface area contributed by atoms with Crippen molar-refractivity contribution < 1.29 is 4.79 Å². The van der Waals surface area contributed by atoms with Crippen molar-refractivity contribution in [3.8, 4) is 11.3 Å². The summed E-state index contributed by atoms with van der Waals surface area (Å²) >= 11 is 7.33. The standard InChI is InChI=1S/C19H17ClN2OS/c1-11-4-5-15(10-12(11)2)17-13(3)24-19(21-17)22-18(23)14-6-8-16(20)9-7-14/h4-10H,1-3H3,(H,21,22,23). The molecule has 1 N–H and O–H groups in total. The van der Waals surface area contributed by atoms with Crippen LogP contribution >= 0.6 is 22.9 Å². The monoisotopic (exact) mass is 356 g/mol. The van der Waals surface area contributed by atoms with Gasteiger partial charge >= 0.3 is 0 Å². The van der Waals surface area contributed by atoms with E-state index in [9.17, 15) is 4.79 Å². The quantitative estimate of drug-likeness (QED) is 0.659. The molecule has 0 aliphatic heterocycles. The number of aryl methyl sites for hydroxylation is 3. The summed E-state index contributed by atoms with van der Waals surface area (Å²) in [5.74, 6) is -0.188. The number of halogens is 1. The fourth-order valence-corrected chi connectivity index (χ4v) is 3.33. The number of carbonyl (C=O) groups is 1. The average Bonchev–Trinajstić information content (AvgIpc) is 2.91. The first-order valence-corrected chi connectivity index (χ1v) is 8.75. The number of hydrogen-bond donors (Lipinski definition) is 1. The lowest BCUT2D eigenvalue weighted by Crippen LogP contribution is -2.11. The molecule has 0 saturated carbocycles. The van der Waals surface area contributed by atoms with Crippen molar-refractivity contribution in [1.82, 2.24) is 4.98 Å². The van der Waals surface area contributed by atoms with Gasteiger partial charge in [0.1, 0.15) is 0 Å². The van der Waals surface area contributed by atoms with E-state index in [0.717, 1.165) is 16.1 Å². The molecule has 0 unspecified atom stereocenters. The van der Waals surface area contributed by atoms with Crippen LogP contribution in [-0.4, -0.2) is 10.9 Å². The number of anilines is 1. The number of nitrogens with one attached hydrogen (secondary N) is 1. The first-order valence-electron chi connectivity index (χ1n) is 7.56. The van der Waals surface area contributed by atoms with Gasteiger partial charge < -0.3 is 0 Å². The molecule has 122 valence electrons. The Morgan fingerprint density at radius 3 is 2.42 bits per heavy atom. The van der Waals surface area contributed by atoms with E-state index in [1.54, 1.807) is 24.3 Å². The van der Waals surface area contributed by atoms with Gasteiger partial charge in [0, 0.05) is 21.0 Å². The number of rotatable bonds is 3. The molecule has 1 aromatic heterocycles. The van der Waals surface area contributed by atoms with Crippen LogP contribution in [0.4, 0.5) is 5.13 Å².